The van der Waals surface area contributed by atoms with Gasteiger partial charge in [-0.2, -0.15) is 0 Å². The number of ether oxygens (including phenoxy) is 1. The van der Waals surface area contributed by atoms with Crippen molar-refractivity contribution in [1.29, 1.82) is 0 Å². The summed E-state index contributed by atoms with van der Waals surface area (Å²) in [5, 5.41) is 3.31. The van der Waals surface area contributed by atoms with Crippen molar-refractivity contribution in [2.24, 2.45) is 0 Å². The van der Waals surface area contributed by atoms with Crippen LogP contribution >= 0.6 is 11.6 Å². The number of hydrogen-bond donors (Lipinski definition) is 1. The van der Waals surface area contributed by atoms with E-state index in [1.807, 2.05) is 24.3 Å². The van der Waals surface area contributed by atoms with Gasteiger partial charge >= 0.3 is 0 Å². The molecule has 6 heteroatoms. The largest absolute Gasteiger partial charge is 0.497 e. The van der Waals surface area contributed by atoms with E-state index in [1.54, 1.807) is 30.2 Å². The molecule has 1 heterocycles. The van der Waals surface area contributed by atoms with E-state index < -0.39 is 6.04 Å². The van der Waals surface area contributed by atoms with E-state index in [0.29, 0.717) is 17.3 Å². The Labute approximate surface area is 145 Å². The highest BCUT2D eigenvalue weighted by molar-refractivity contribution is 6.31. The Hall–Kier alpha value is -2.53. The maximum absolute atomic E-state index is 12.8. The fourth-order valence-electron chi connectivity index (χ4n) is 2.85. The number of nitrogens with zero attached hydrogens (tertiary/aromatic N) is 1. The zero-order chi connectivity index (χ0) is 17.3. The fourth-order valence-corrected chi connectivity index (χ4v) is 3.04. The minimum absolute atomic E-state index is 0.187. The molecule has 1 aliphatic rings. The van der Waals surface area contributed by atoms with Gasteiger partial charge in [0.1, 0.15) is 11.8 Å². The first-order valence-corrected chi connectivity index (χ1v) is 7.89. The molecule has 0 radical (unpaired) electrons. The average Bonchev–Trinajstić information content (AvgIpc) is 2.81. The zero-order valence-electron chi connectivity index (χ0n) is 13.4. The van der Waals surface area contributed by atoms with Gasteiger partial charge in [-0.25, -0.2) is 0 Å². The third kappa shape index (κ3) is 2.95. The number of benzene rings is 2. The van der Waals surface area contributed by atoms with Gasteiger partial charge in [0.15, 0.2) is 0 Å². The van der Waals surface area contributed by atoms with Gasteiger partial charge in [-0.15, -0.1) is 0 Å². The lowest BCUT2D eigenvalue weighted by Gasteiger charge is -2.19. The van der Waals surface area contributed by atoms with E-state index in [0.717, 1.165) is 16.8 Å². The smallest absolute Gasteiger partial charge is 0.254 e. The number of methoxy groups -OCH3 is 1. The summed E-state index contributed by atoms with van der Waals surface area (Å²) in [7, 11) is 1.56. The van der Waals surface area contributed by atoms with Crippen LogP contribution in [-0.4, -0.2) is 18.9 Å². The van der Waals surface area contributed by atoms with Gasteiger partial charge in [0.25, 0.3) is 5.91 Å². The second-order valence-corrected chi connectivity index (χ2v) is 5.98. The van der Waals surface area contributed by atoms with Crippen LogP contribution in [-0.2, 0) is 16.1 Å². The van der Waals surface area contributed by atoms with E-state index in [2.05, 4.69) is 5.32 Å². The van der Waals surface area contributed by atoms with Crippen LogP contribution in [0.1, 0.15) is 24.1 Å². The molecule has 0 saturated heterocycles. The summed E-state index contributed by atoms with van der Waals surface area (Å²) in [5.74, 6) is 0.187. The lowest BCUT2D eigenvalue weighted by Crippen LogP contribution is -2.36. The third-order valence-corrected chi connectivity index (χ3v) is 4.35. The molecule has 0 unspecified atom stereocenters. The molecule has 24 heavy (non-hydrogen) atoms. The molecule has 2 aromatic rings. The van der Waals surface area contributed by atoms with Crippen LogP contribution in [0.5, 0.6) is 5.75 Å². The lowest BCUT2D eigenvalue weighted by atomic mass is 10.1. The van der Waals surface area contributed by atoms with Gasteiger partial charge in [-0.05, 0) is 29.8 Å². The van der Waals surface area contributed by atoms with Crippen molar-refractivity contribution in [2.45, 2.75) is 19.5 Å². The first kappa shape index (κ1) is 16.3. The number of halogens is 1. The van der Waals surface area contributed by atoms with Crippen LogP contribution in [0.2, 0.25) is 5.02 Å². The van der Waals surface area contributed by atoms with Crippen LogP contribution < -0.4 is 15.0 Å². The second-order valence-electron chi connectivity index (χ2n) is 5.57. The number of nitrogens with one attached hydrogen (secondary N) is 1. The van der Waals surface area contributed by atoms with Gasteiger partial charge in [0.2, 0.25) is 5.91 Å². The van der Waals surface area contributed by atoms with Crippen molar-refractivity contribution < 1.29 is 14.3 Å². The molecule has 1 atom stereocenters. The molecule has 0 saturated carbocycles. The molecule has 0 aromatic heterocycles. The molecule has 0 fully saturated rings. The first-order valence-electron chi connectivity index (χ1n) is 7.51. The number of fused-ring (bicyclic) bond motifs is 1. The number of rotatable bonds is 4. The van der Waals surface area contributed by atoms with Crippen molar-refractivity contribution in [3.05, 3.63) is 58.6 Å². The molecular formula is C18H17ClN2O3. The van der Waals surface area contributed by atoms with Crippen LogP contribution in [0, 0.1) is 0 Å². The van der Waals surface area contributed by atoms with E-state index in [4.69, 9.17) is 16.3 Å². The van der Waals surface area contributed by atoms with Crippen LogP contribution in [0.3, 0.4) is 0 Å². The monoisotopic (exact) mass is 344 g/mol. The Morgan fingerprint density at radius 1 is 1.29 bits per heavy atom. The lowest BCUT2D eigenvalue weighted by molar-refractivity contribution is -0.126. The predicted octanol–water partition coefficient (Wildman–Crippen LogP) is 3.07. The van der Waals surface area contributed by atoms with Gasteiger partial charge in [0.05, 0.1) is 19.3 Å². The van der Waals surface area contributed by atoms with E-state index in [1.165, 1.54) is 6.92 Å². The quantitative estimate of drug-likeness (QED) is 0.927. The SMILES string of the molecule is COc1ccc2c(c1)[C@@H](NC(C)=O)C(=O)N2Cc1ccccc1Cl. The maximum Gasteiger partial charge on any atom is 0.254 e. The highest BCUT2D eigenvalue weighted by Gasteiger charge is 2.38. The van der Waals surface area contributed by atoms with Crippen LogP contribution in [0.15, 0.2) is 42.5 Å². The van der Waals surface area contributed by atoms with Crippen molar-refractivity contribution in [3.8, 4) is 5.75 Å². The molecule has 2 amide bonds. The van der Waals surface area contributed by atoms with Crippen molar-refractivity contribution in [2.75, 3.05) is 12.0 Å². The molecule has 124 valence electrons. The Morgan fingerprint density at radius 2 is 2.04 bits per heavy atom. The topological polar surface area (TPSA) is 58.6 Å². The van der Waals surface area contributed by atoms with Crippen molar-refractivity contribution in [3.63, 3.8) is 0 Å². The first-order chi connectivity index (χ1) is 11.5. The zero-order valence-corrected chi connectivity index (χ0v) is 14.1. The highest BCUT2D eigenvalue weighted by Crippen LogP contribution is 2.39. The molecule has 5 nitrogen and oxygen atoms in total. The van der Waals surface area contributed by atoms with Gasteiger partial charge in [-0.3, -0.25) is 9.59 Å². The summed E-state index contributed by atoms with van der Waals surface area (Å²) < 4.78 is 5.24. The molecule has 0 aliphatic carbocycles. The summed E-state index contributed by atoms with van der Waals surface area (Å²) in [6, 6.07) is 12.1. The summed E-state index contributed by atoms with van der Waals surface area (Å²) in [5.41, 5.74) is 2.32. The molecule has 1 N–H and O–H groups in total. The van der Waals surface area contributed by atoms with E-state index in [9.17, 15) is 9.59 Å². The number of amides is 2. The Kier molecular flexibility index (Phi) is 4.44. The normalized spacial score (nSPS) is 16.0. The van der Waals surface area contributed by atoms with Gasteiger partial charge in [-0.1, -0.05) is 29.8 Å². The summed E-state index contributed by atoms with van der Waals surface area (Å²) in [4.78, 5) is 26.0. The Bertz CT molecular complexity index is 807. The highest BCUT2D eigenvalue weighted by atomic mass is 35.5. The number of anilines is 1. The standard InChI is InChI=1S/C18H17ClN2O3/c1-11(22)20-17-14-9-13(24-2)7-8-16(14)21(18(17)23)10-12-5-3-4-6-15(12)19/h3-9,17H,10H2,1-2H3,(H,20,22)/t17-/m1/s1. The molecule has 2 aromatic carbocycles. The summed E-state index contributed by atoms with van der Waals surface area (Å²) in [6.45, 7) is 1.73. The van der Waals surface area contributed by atoms with Crippen molar-refractivity contribution in [1.82, 2.24) is 5.32 Å². The molecule has 1 aliphatic heterocycles. The summed E-state index contributed by atoms with van der Waals surface area (Å²) >= 11 is 6.22. The molecule has 0 bridgehead atoms. The Balaban J connectivity index is 2.01. The predicted molar refractivity (Wildman–Crippen MR) is 92.2 cm³/mol. The molecule has 0 spiro atoms. The Morgan fingerprint density at radius 3 is 2.71 bits per heavy atom. The van der Waals surface area contributed by atoms with Gasteiger partial charge in [0, 0.05) is 17.5 Å². The molecule has 3 rings (SSSR count). The second kappa shape index (κ2) is 6.53. The van der Waals surface area contributed by atoms with Gasteiger partial charge < -0.3 is 15.0 Å². The number of hydrogen-bond acceptors (Lipinski definition) is 3. The fraction of sp³-hybridized carbons (Fsp3) is 0.222. The number of carbonyl (C=O) groups excluding carboxylic acids is 2. The van der Waals surface area contributed by atoms with E-state index >= 15 is 0 Å². The minimum Gasteiger partial charge on any atom is -0.497 e. The van der Waals surface area contributed by atoms with Crippen LogP contribution in [0.25, 0.3) is 0 Å². The average molecular weight is 345 g/mol. The summed E-state index contributed by atoms with van der Waals surface area (Å²) in [6.07, 6.45) is 0. The van der Waals surface area contributed by atoms with Crippen molar-refractivity contribution >= 4 is 29.1 Å². The third-order valence-electron chi connectivity index (χ3n) is 3.98. The van der Waals surface area contributed by atoms with E-state index in [-0.39, 0.29) is 11.8 Å². The van der Waals surface area contributed by atoms with Crippen LogP contribution in [0.4, 0.5) is 5.69 Å². The maximum atomic E-state index is 12.8. The minimum atomic E-state index is -0.713. The molecular weight excluding hydrogens is 328 g/mol. The number of carbonyl (C=O) groups is 2.